The van der Waals surface area contributed by atoms with E-state index in [4.69, 9.17) is 5.73 Å². The molecule has 0 saturated heterocycles. The highest BCUT2D eigenvalue weighted by Gasteiger charge is 2.20. The molecule has 0 aromatic heterocycles. The van der Waals surface area contributed by atoms with E-state index < -0.39 is 0 Å². The maximum atomic E-state index is 12.2. The number of hydrogen-bond acceptors (Lipinski definition) is 3. The minimum Gasteiger partial charge on any atom is -0.369 e. The van der Waals surface area contributed by atoms with Crippen molar-refractivity contribution in [3.63, 3.8) is 0 Å². The third kappa shape index (κ3) is 4.74. The summed E-state index contributed by atoms with van der Waals surface area (Å²) in [6.07, 6.45) is 0. The first-order valence-electron chi connectivity index (χ1n) is 7.78. The summed E-state index contributed by atoms with van der Waals surface area (Å²) in [7, 11) is 0. The van der Waals surface area contributed by atoms with Crippen LogP contribution >= 0.6 is 0 Å². The molecular formula is C17H29N3O. The number of nitrogens with two attached hydrogens (primary N) is 1. The van der Waals surface area contributed by atoms with Gasteiger partial charge in [0.05, 0.1) is 5.92 Å². The number of nitrogens with zero attached hydrogens (tertiary/aromatic N) is 1. The SMILES string of the molecule is CCN(c1ccc(NC(=O)C(CN)C(C)C)cc1)C(C)C. The Kier molecular flexibility index (Phi) is 6.69. The molecule has 0 spiro atoms. The highest BCUT2D eigenvalue weighted by molar-refractivity contribution is 5.93. The van der Waals surface area contributed by atoms with Gasteiger partial charge in [0.1, 0.15) is 0 Å². The van der Waals surface area contributed by atoms with Gasteiger partial charge in [-0.15, -0.1) is 0 Å². The average molecular weight is 291 g/mol. The summed E-state index contributed by atoms with van der Waals surface area (Å²) >= 11 is 0. The summed E-state index contributed by atoms with van der Waals surface area (Å²) < 4.78 is 0. The lowest BCUT2D eigenvalue weighted by Gasteiger charge is -2.27. The molecule has 0 aliphatic heterocycles. The Labute approximate surface area is 128 Å². The molecule has 1 atom stereocenters. The predicted molar refractivity (Wildman–Crippen MR) is 90.6 cm³/mol. The van der Waals surface area contributed by atoms with Crippen molar-refractivity contribution < 1.29 is 4.79 Å². The van der Waals surface area contributed by atoms with Crippen molar-refractivity contribution in [1.29, 1.82) is 0 Å². The summed E-state index contributed by atoms with van der Waals surface area (Å²) in [6, 6.07) is 8.45. The maximum Gasteiger partial charge on any atom is 0.229 e. The van der Waals surface area contributed by atoms with Crippen LogP contribution in [0.3, 0.4) is 0 Å². The first-order valence-corrected chi connectivity index (χ1v) is 7.78. The zero-order chi connectivity index (χ0) is 16.0. The maximum absolute atomic E-state index is 12.2. The smallest absolute Gasteiger partial charge is 0.229 e. The van der Waals surface area contributed by atoms with Gasteiger partial charge in [0.2, 0.25) is 5.91 Å². The van der Waals surface area contributed by atoms with Crippen molar-refractivity contribution in [1.82, 2.24) is 0 Å². The highest BCUT2D eigenvalue weighted by atomic mass is 16.1. The van der Waals surface area contributed by atoms with Crippen LogP contribution in [0.5, 0.6) is 0 Å². The van der Waals surface area contributed by atoms with Gasteiger partial charge in [0.25, 0.3) is 0 Å². The first kappa shape index (κ1) is 17.5. The molecule has 1 amide bonds. The molecule has 3 N–H and O–H groups in total. The topological polar surface area (TPSA) is 58.4 Å². The molecule has 0 bridgehead atoms. The predicted octanol–water partition coefficient (Wildman–Crippen LogP) is 3.09. The van der Waals surface area contributed by atoms with Crippen LogP contribution < -0.4 is 16.0 Å². The fourth-order valence-electron chi connectivity index (χ4n) is 2.50. The Balaban J connectivity index is 2.77. The Morgan fingerprint density at radius 2 is 1.76 bits per heavy atom. The largest absolute Gasteiger partial charge is 0.369 e. The van der Waals surface area contributed by atoms with Crippen molar-refractivity contribution in [2.24, 2.45) is 17.6 Å². The van der Waals surface area contributed by atoms with Gasteiger partial charge in [-0.3, -0.25) is 4.79 Å². The highest BCUT2D eigenvalue weighted by Crippen LogP contribution is 2.21. The fourth-order valence-corrected chi connectivity index (χ4v) is 2.50. The quantitative estimate of drug-likeness (QED) is 0.811. The molecule has 0 aliphatic carbocycles. The van der Waals surface area contributed by atoms with Gasteiger partial charge in [-0.25, -0.2) is 0 Å². The van der Waals surface area contributed by atoms with Crippen molar-refractivity contribution >= 4 is 17.3 Å². The van der Waals surface area contributed by atoms with Crippen LogP contribution in [0.1, 0.15) is 34.6 Å². The molecule has 0 aliphatic rings. The van der Waals surface area contributed by atoms with E-state index in [2.05, 4.69) is 31.0 Å². The van der Waals surface area contributed by atoms with E-state index in [1.165, 1.54) is 5.69 Å². The van der Waals surface area contributed by atoms with Gasteiger partial charge in [-0.2, -0.15) is 0 Å². The lowest BCUT2D eigenvalue weighted by atomic mass is 9.95. The molecule has 0 fully saturated rings. The molecule has 4 nitrogen and oxygen atoms in total. The van der Waals surface area contributed by atoms with E-state index in [1.54, 1.807) is 0 Å². The van der Waals surface area contributed by atoms with Crippen molar-refractivity contribution in [3.05, 3.63) is 24.3 Å². The molecule has 1 rings (SSSR count). The number of amides is 1. The summed E-state index contributed by atoms with van der Waals surface area (Å²) in [6.45, 7) is 11.9. The molecule has 0 heterocycles. The standard InChI is InChI=1S/C17H29N3O/c1-6-20(13(4)5)15-9-7-14(8-10-15)19-17(21)16(11-18)12(2)3/h7-10,12-13,16H,6,11,18H2,1-5H3,(H,19,21). The van der Waals surface area contributed by atoms with Gasteiger partial charge in [-0.05, 0) is 51.0 Å². The third-order valence-corrected chi connectivity index (χ3v) is 3.83. The molecule has 21 heavy (non-hydrogen) atoms. The fraction of sp³-hybridized carbons (Fsp3) is 0.588. The van der Waals surface area contributed by atoms with E-state index in [-0.39, 0.29) is 17.7 Å². The summed E-state index contributed by atoms with van der Waals surface area (Å²) in [5.74, 6) is 0.0923. The van der Waals surface area contributed by atoms with E-state index in [0.29, 0.717) is 12.6 Å². The van der Waals surface area contributed by atoms with Crippen LogP contribution in [0.4, 0.5) is 11.4 Å². The van der Waals surface area contributed by atoms with Crippen LogP contribution in [-0.2, 0) is 4.79 Å². The van der Waals surface area contributed by atoms with Gasteiger partial charge >= 0.3 is 0 Å². The monoisotopic (exact) mass is 291 g/mol. The molecule has 1 aromatic carbocycles. The summed E-state index contributed by atoms with van der Waals surface area (Å²) in [5.41, 5.74) is 7.67. The molecular weight excluding hydrogens is 262 g/mol. The average Bonchev–Trinajstić information content (AvgIpc) is 2.41. The summed E-state index contributed by atoms with van der Waals surface area (Å²) in [4.78, 5) is 14.5. The lowest BCUT2D eigenvalue weighted by Crippen LogP contribution is -2.33. The van der Waals surface area contributed by atoms with Gasteiger partial charge < -0.3 is 16.0 Å². The molecule has 0 saturated carbocycles. The number of nitrogens with one attached hydrogen (secondary N) is 1. The van der Waals surface area contributed by atoms with Crippen LogP contribution in [0.25, 0.3) is 0 Å². The van der Waals surface area contributed by atoms with E-state index in [0.717, 1.165) is 12.2 Å². The Morgan fingerprint density at radius 1 is 1.19 bits per heavy atom. The van der Waals surface area contributed by atoms with Gasteiger partial charge in [-0.1, -0.05) is 13.8 Å². The number of rotatable bonds is 7. The number of carbonyl (C=O) groups is 1. The number of benzene rings is 1. The molecule has 1 aromatic rings. The second-order valence-electron chi connectivity index (χ2n) is 6.00. The molecule has 4 heteroatoms. The third-order valence-electron chi connectivity index (χ3n) is 3.83. The van der Waals surface area contributed by atoms with Crippen molar-refractivity contribution in [2.45, 2.75) is 40.7 Å². The molecule has 0 radical (unpaired) electrons. The van der Waals surface area contributed by atoms with Crippen LogP contribution in [0, 0.1) is 11.8 Å². The van der Waals surface area contributed by atoms with E-state index in [1.807, 2.05) is 38.1 Å². The van der Waals surface area contributed by atoms with E-state index in [9.17, 15) is 4.79 Å². The number of hydrogen-bond donors (Lipinski definition) is 2. The second kappa shape index (κ2) is 8.03. The zero-order valence-electron chi connectivity index (χ0n) is 13.9. The Hall–Kier alpha value is -1.55. The van der Waals surface area contributed by atoms with Crippen LogP contribution in [0.15, 0.2) is 24.3 Å². The Morgan fingerprint density at radius 3 is 2.14 bits per heavy atom. The van der Waals surface area contributed by atoms with E-state index >= 15 is 0 Å². The lowest BCUT2D eigenvalue weighted by molar-refractivity contribution is -0.120. The minimum absolute atomic E-state index is 0.00328. The van der Waals surface area contributed by atoms with Crippen LogP contribution in [-0.4, -0.2) is 25.0 Å². The zero-order valence-corrected chi connectivity index (χ0v) is 13.9. The normalized spacial score (nSPS) is 12.6. The molecule has 1 unspecified atom stereocenters. The molecule has 118 valence electrons. The van der Waals surface area contributed by atoms with Gasteiger partial charge in [0, 0.05) is 30.5 Å². The number of anilines is 2. The number of carbonyl (C=O) groups excluding carboxylic acids is 1. The van der Waals surface area contributed by atoms with Crippen LogP contribution in [0.2, 0.25) is 0 Å². The second-order valence-corrected chi connectivity index (χ2v) is 6.00. The van der Waals surface area contributed by atoms with Gasteiger partial charge in [0.15, 0.2) is 0 Å². The summed E-state index contributed by atoms with van der Waals surface area (Å²) in [5, 5.41) is 2.95. The Bertz CT molecular complexity index is 440. The first-order chi connectivity index (χ1) is 9.90. The van der Waals surface area contributed by atoms with Crippen molar-refractivity contribution in [3.8, 4) is 0 Å². The van der Waals surface area contributed by atoms with Crippen molar-refractivity contribution in [2.75, 3.05) is 23.3 Å². The minimum atomic E-state index is -0.146.